The first-order valence-corrected chi connectivity index (χ1v) is 11.1. The van der Waals surface area contributed by atoms with E-state index in [0.29, 0.717) is 23.0 Å². The Labute approximate surface area is 173 Å². The molecular formula is C22H24N3OS2+. The van der Waals surface area contributed by atoms with Gasteiger partial charge in [-0.25, -0.2) is 0 Å². The summed E-state index contributed by atoms with van der Waals surface area (Å²) >= 11 is 3.07. The van der Waals surface area contributed by atoms with Gasteiger partial charge in [-0.3, -0.25) is 4.79 Å². The summed E-state index contributed by atoms with van der Waals surface area (Å²) in [6, 6.07) is 16.8. The lowest BCUT2D eigenvalue weighted by atomic mass is 9.95. The molecule has 4 nitrogen and oxygen atoms in total. The molecule has 0 fully saturated rings. The number of anilines is 1. The molecule has 0 aliphatic rings. The van der Waals surface area contributed by atoms with Crippen LogP contribution in [0.4, 0.5) is 5.00 Å². The van der Waals surface area contributed by atoms with Gasteiger partial charge in [0, 0.05) is 5.56 Å². The number of hydrogen-bond acceptors (Lipinski definition) is 4. The van der Waals surface area contributed by atoms with Crippen molar-refractivity contribution >= 4 is 33.6 Å². The Balaban J connectivity index is 1.71. The number of nitrogens with one attached hydrogen (secondary N) is 1. The first-order chi connectivity index (χ1) is 13.6. The van der Waals surface area contributed by atoms with Crippen LogP contribution in [0.2, 0.25) is 0 Å². The molecule has 0 saturated carbocycles. The van der Waals surface area contributed by atoms with Crippen molar-refractivity contribution in [3.63, 3.8) is 0 Å². The SMILES string of the molecule is CC[C@@H](C)c1ccc([C@@H]([NH2+]CC(=O)Nc2sccc2C#N)c2cccs2)cc1. The summed E-state index contributed by atoms with van der Waals surface area (Å²) in [6.07, 6.45) is 1.12. The monoisotopic (exact) mass is 410 g/mol. The van der Waals surface area contributed by atoms with Crippen LogP contribution in [0.1, 0.15) is 53.8 Å². The molecule has 0 spiro atoms. The fraction of sp³-hybridized carbons (Fsp3) is 0.273. The van der Waals surface area contributed by atoms with Crippen molar-refractivity contribution in [2.24, 2.45) is 0 Å². The van der Waals surface area contributed by atoms with Crippen LogP contribution in [0.15, 0.2) is 53.2 Å². The van der Waals surface area contributed by atoms with Crippen LogP contribution in [0.5, 0.6) is 0 Å². The number of hydrogen-bond donors (Lipinski definition) is 2. The minimum atomic E-state index is -0.100. The summed E-state index contributed by atoms with van der Waals surface area (Å²) in [5.74, 6) is 0.445. The lowest BCUT2D eigenvalue weighted by Crippen LogP contribution is -2.87. The highest BCUT2D eigenvalue weighted by Gasteiger charge is 2.21. The fourth-order valence-electron chi connectivity index (χ4n) is 3.05. The van der Waals surface area contributed by atoms with Crippen LogP contribution in [0.3, 0.4) is 0 Å². The second kappa shape index (κ2) is 9.65. The van der Waals surface area contributed by atoms with Gasteiger partial charge in [0.25, 0.3) is 5.91 Å². The molecule has 0 unspecified atom stereocenters. The van der Waals surface area contributed by atoms with Gasteiger partial charge in [-0.05, 0) is 40.8 Å². The molecule has 3 rings (SSSR count). The Kier molecular flexibility index (Phi) is 6.99. The second-order valence-electron chi connectivity index (χ2n) is 6.73. The minimum absolute atomic E-state index is 0.0792. The van der Waals surface area contributed by atoms with E-state index in [1.54, 1.807) is 17.4 Å². The Hall–Kier alpha value is -2.46. The lowest BCUT2D eigenvalue weighted by Gasteiger charge is -2.16. The van der Waals surface area contributed by atoms with Gasteiger partial charge in [0.2, 0.25) is 0 Å². The second-order valence-corrected chi connectivity index (χ2v) is 8.63. The number of nitrogens with two attached hydrogens (primary N) is 1. The van der Waals surface area contributed by atoms with Crippen molar-refractivity contribution in [1.82, 2.24) is 0 Å². The Morgan fingerprint density at radius 3 is 2.54 bits per heavy atom. The molecule has 2 aromatic heterocycles. The molecule has 3 N–H and O–H groups in total. The van der Waals surface area contributed by atoms with Gasteiger partial charge in [-0.2, -0.15) is 5.26 Å². The molecule has 1 aromatic carbocycles. The molecule has 0 saturated heterocycles. The summed E-state index contributed by atoms with van der Waals surface area (Å²) in [5, 5.41) is 18.5. The predicted molar refractivity (Wildman–Crippen MR) is 116 cm³/mol. The zero-order valence-electron chi connectivity index (χ0n) is 16.0. The molecule has 0 bridgehead atoms. The van der Waals surface area contributed by atoms with E-state index in [1.807, 2.05) is 11.4 Å². The number of nitriles is 1. The van der Waals surface area contributed by atoms with E-state index >= 15 is 0 Å². The number of rotatable bonds is 8. The first kappa shape index (κ1) is 20.3. The van der Waals surface area contributed by atoms with Crippen LogP contribution in [0, 0.1) is 11.3 Å². The van der Waals surface area contributed by atoms with Gasteiger partial charge in [0.05, 0.1) is 10.4 Å². The first-order valence-electron chi connectivity index (χ1n) is 9.36. The Morgan fingerprint density at radius 1 is 1.14 bits per heavy atom. The van der Waals surface area contributed by atoms with Crippen LogP contribution < -0.4 is 10.6 Å². The predicted octanol–water partition coefficient (Wildman–Crippen LogP) is 4.49. The number of carbonyl (C=O) groups is 1. The molecule has 0 aliphatic carbocycles. The molecule has 0 radical (unpaired) electrons. The van der Waals surface area contributed by atoms with Crippen LogP contribution in [-0.4, -0.2) is 12.5 Å². The number of quaternary nitrogens is 1. The Morgan fingerprint density at radius 2 is 1.89 bits per heavy atom. The average molecular weight is 411 g/mol. The zero-order chi connectivity index (χ0) is 19.9. The van der Waals surface area contributed by atoms with E-state index in [1.165, 1.54) is 27.3 Å². The number of benzene rings is 1. The number of amides is 1. The number of carbonyl (C=O) groups excluding carboxylic acids is 1. The van der Waals surface area contributed by atoms with Crippen molar-refractivity contribution in [2.45, 2.75) is 32.2 Å². The quantitative estimate of drug-likeness (QED) is 0.575. The van der Waals surface area contributed by atoms with Gasteiger partial charge in [0.15, 0.2) is 6.54 Å². The highest BCUT2D eigenvalue weighted by atomic mass is 32.1. The third-order valence-electron chi connectivity index (χ3n) is 4.90. The summed E-state index contributed by atoms with van der Waals surface area (Å²) in [6.45, 7) is 4.73. The number of thiophene rings is 2. The van der Waals surface area contributed by atoms with Crippen molar-refractivity contribution in [1.29, 1.82) is 5.26 Å². The highest BCUT2D eigenvalue weighted by molar-refractivity contribution is 7.14. The van der Waals surface area contributed by atoms with Crippen LogP contribution in [-0.2, 0) is 4.79 Å². The molecule has 1 amide bonds. The van der Waals surface area contributed by atoms with E-state index in [2.05, 4.69) is 66.3 Å². The van der Waals surface area contributed by atoms with E-state index < -0.39 is 0 Å². The van der Waals surface area contributed by atoms with Crippen molar-refractivity contribution in [3.05, 3.63) is 74.8 Å². The highest BCUT2D eigenvalue weighted by Crippen LogP contribution is 2.26. The zero-order valence-corrected chi connectivity index (χ0v) is 17.6. The molecule has 28 heavy (non-hydrogen) atoms. The normalized spacial score (nSPS) is 12.9. The maximum absolute atomic E-state index is 12.4. The van der Waals surface area contributed by atoms with Gasteiger partial charge in [0.1, 0.15) is 17.1 Å². The van der Waals surface area contributed by atoms with Gasteiger partial charge >= 0.3 is 0 Å². The summed E-state index contributed by atoms with van der Waals surface area (Å²) in [4.78, 5) is 13.6. The third-order valence-corrected chi connectivity index (χ3v) is 6.69. The topological polar surface area (TPSA) is 69.5 Å². The summed E-state index contributed by atoms with van der Waals surface area (Å²) < 4.78 is 0. The fourth-order valence-corrected chi connectivity index (χ4v) is 4.65. The van der Waals surface area contributed by atoms with Crippen LogP contribution in [0.25, 0.3) is 0 Å². The summed E-state index contributed by atoms with van der Waals surface area (Å²) in [5.41, 5.74) is 3.04. The van der Waals surface area contributed by atoms with Crippen molar-refractivity contribution < 1.29 is 10.1 Å². The molecule has 2 heterocycles. The smallest absolute Gasteiger partial charge is 0.280 e. The maximum atomic E-state index is 12.4. The third kappa shape index (κ3) is 4.87. The van der Waals surface area contributed by atoms with E-state index in [4.69, 9.17) is 5.26 Å². The standard InChI is InChI=1S/C22H23N3OS2/c1-3-15(2)16-6-8-17(9-7-16)21(19-5-4-11-27-19)24-14-20(26)25-22-18(13-23)10-12-28-22/h4-12,15,21,24H,3,14H2,1-2H3,(H,25,26)/p+1/t15-,21-/m1/s1. The molecule has 144 valence electrons. The molecule has 3 aromatic rings. The average Bonchev–Trinajstić information content (AvgIpc) is 3.40. The Bertz CT molecular complexity index is 939. The molecule has 2 atom stereocenters. The lowest BCUT2D eigenvalue weighted by molar-refractivity contribution is -0.675. The summed E-state index contributed by atoms with van der Waals surface area (Å²) in [7, 11) is 0. The number of nitrogens with zero attached hydrogens (tertiary/aromatic N) is 1. The van der Waals surface area contributed by atoms with E-state index in [-0.39, 0.29) is 11.9 Å². The minimum Gasteiger partial charge on any atom is -0.328 e. The molecule has 0 aliphatic heterocycles. The van der Waals surface area contributed by atoms with Crippen molar-refractivity contribution in [3.8, 4) is 6.07 Å². The van der Waals surface area contributed by atoms with E-state index in [9.17, 15) is 4.79 Å². The van der Waals surface area contributed by atoms with E-state index in [0.717, 1.165) is 6.42 Å². The molecule has 6 heteroatoms. The van der Waals surface area contributed by atoms with Gasteiger partial charge in [-0.15, -0.1) is 22.7 Å². The maximum Gasteiger partial charge on any atom is 0.280 e. The van der Waals surface area contributed by atoms with Crippen molar-refractivity contribution in [2.75, 3.05) is 11.9 Å². The largest absolute Gasteiger partial charge is 0.328 e. The molecular weight excluding hydrogens is 386 g/mol. The van der Waals surface area contributed by atoms with Gasteiger partial charge in [-0.1, -0.05) is 44.2 Å². The van der Waals surface area contributed by atoms with Crippen LogP contribution >= 0.6 is 22.7 Å². The van der Waals surface area contributed by atoms with Gasteiger partial charge < -0.3 is 10.6 Å².